The van der Waals surface area contributed by atoms with Crippen molar-refractivity contribution in [1.82, 2.24) is 5.32 Å². The highest BCUT2D eigenvalue weighted by molar-refractivity contribution is 5.89. The number of carbonyl (C=O) groups excluding carboxylic acids is 2. The highest BCUT2D eigenvalue weighted by Crippen LogP contribution is 2.10. The van der Waals surface area contributed by atoms with Gasteiger partial charge in [0.15, 0.2) is 0 Å². The van der Waals surface area contributed by atoms with Gasteiger partial charge in [0.2, 0.25) is 0 Å². The Hall–Kier alpha value is -3.44. The van der Waals surface area contributed by atoms with Crippen molar-refractivity contribution in [3.05, 3.63) is 107 Å². The van der Waals surface area contributed by atoms with Crippen molar-refractivity contribution in [3.63, 3.8) is 0 Å². The first-order valence-corrected chi connectivity index (χ1v) is 9.33. The molecule has 0 radical (unpaired) electrons. The normalized spacial score (nSPS) is 10.4. The number of hydrogen-bond donors (Lipinski definition) is 1. The van der Waals surface area contributed by atoms with Gasteiger partial charge in [0, 0.05) is 13.1 Å². The largest absolute Gasteiger partial charge is 0.465 e. The van der Waals surface area contributed by atoms with E-state index in [9.17, 15) is 9.59 Å². The Bertz CT molecular complexity index is 935. The Morgan fingerprint density at radius 2 is 1.21 bits per heavy atom. The van der Waals surface area contributed by atoms with Crippen LogP contribution in [0.5, 0.6) is 0 Å². The van der Waals surface area contributed by atoms with Crippen LogP contribution in [0, 0.1) is 0 Å². The average Bonchev–Trinajstić information content (AvgIpc) is 2.78. The van der Waals surface area contributed by atoms with Crippen molar-refractivity contribution in [3.8, 4) is 0 Å². The smallest absolute Gasteiger partial charge is 0.338 e. The molecule has 3 rings (SSSR count). The van der Waals surface area contributed by atoms with Gasteiger partial charge in [-0.15, -0.1) is 0 Å². The first-order chi connectivity index (χ1) is 14.2. The van der Waals surface area contributed by atoms with E-state index in [0.717, 1.165) is 16.7 Å². The lowest BCUT2D eigenvalue weighted by atomic mass is 10.1. The Labute approximate surface area is 170 Å². The van der Waals surface area contributed by atoms with Gasteiger partial charge in [-0.05, 0) is 41.0 Å². The van der Waals surface area contributed by atoms with Crippen molar-refractivity contribution in [2.45, 2.75) is 19.7 Å². The molecule has 3 aromatic carbocycles. The van der Waals surface area contributed by atoms with E-state index in [0.29, 0.717) is 24.2 Å². The van der Waals surface area contributed by atoms with Gasteiger partial charge in [-0.1, -0.05) is 54.6 Å². The predicted octanol–water partition coefficient (Wildman–Crippen LogP) is 4.12. The molecule has 3 aromatic rings. The number of rotatable bonds is 8. The molecule has 5 nitrogen and oxygen atoms in total. The molecule has 0 aromatic heterocycles. The number of ether oxygens (including phenoxy) is 2. The topological polar surface area (TPSA) is 64.6 Å². The summed E-state index contributed by atoms with van der Waals surface area (Å²) >= 11 is 0. The first kappa shape index (κ1) is 20.3. The van der Waals surface area contributed by atoms with Crippen LogP contribution in [0.15, 0.2) is 78.9 Å². The maximum Gasteiger partial charge on any atom is 0.338 e. The number of methoxy groups -OCH3 is 1. The van der Waals surface area contributed by atoms with Gasteiger partial charge in [0.05, 0.1) is 18.2 Å². The molecule has 0 unspecified atom stereocenters. The summed E-state index contributed by atoms with van der Waals surface area (Å²) in [6.45, 7) is 1.60. The van der Waals surface area contributed by atoms with Crippen molar-refractivity contribution in [1.29, 1.82) is 0 Å². The monoisotopic (exact) mass is 389 g/mol. The third kappa shape index (κ3) is 6.02. The Balaban J connectivity index is 1.45. The molecule has 5 heteroatoms. The van der Waals surface area contributed by atoms with E-state index in [4.69, 9.17) is 9.47 Å². The van der Waals surface area contributed by atoms with Crippen LogP contribution in [0.3, 0.4) is 0 Å². The quantitative estimate of drug-likeness (QED) is 0.587. The fraction of sp³-hybridized carbons (Fsp3) is 0.167. The summed E-state index contributed by atoms with van der Waals surface area (Å²) in [5.74, 6) is -0.675. The molecular formula is C24H23NO4. The van der Waals surface area contributed by atoms with Crippen molar-refractivity contribution in [2.75, 3.05) is 7.11 Å². The van der Waals surface area contributed by atoms with Crippen LogP contribution in [-0.4, -0.2) is 19.0 Å². The maximum absolute atomic E-state index is 12.2. The zero-order chi connectivity index (χ0) is 20.5. The molecular weight excluding hydrogens is 366 g/mol. The minimum absolute atomic E-state index is 0.262. The number of carbonyl (C=O) groups is 2. The second-order valence-electron chi connectivity index (χ2n) is 6.55. The van der Waals surface area contributed by atoms with Gasteiger partial charge in [0.1, 0.15) is 6.61 Å². The van der Waals surface area contributed by atoms with E-state index < -0.39 is 0 Å². The second kappa shape index (κ2) is 10.2. The maximum atomic E-state index is 12.2. The first-order valence-electron chi connectivity index (χ1n) is 9.33. The van der Waals surface area contributed by atoms with Crippen LogP contribution in [0.1, 0.15) is 37.4 Å². The average molecular weight is 389 g/mol. The van der Waals surface area contributed by atoms with Crippen LogP contribution in [-0.2, 0) is 29.2 Å². The summed E-state index contributed by atoms with van der Waals surface area (Å²) in [5.41, 5.74) is 4.16. The molecule has 148 valence electrons. The van der Waals surface area contributed by atoms with Crippen LogP contribution < -0.4 is 5.32 Å². The van der Waals surface area contributed by atoms with Crippen molar-refractivity contribution < 1.29 is 19.1 Å². The number of hydrogen-bond acceptors (Lipinski definition) is 5. The van der Waals surface area contributed by atoms with E-state index in [-0.39, 0.29) is 18.5 Å². The molecule has 0 amide bonds. The highest BCUT2D eigenvalue weighted by Gasteiger charge is 2.07. The zero-order valence-corrected chi connectivity index (χ0v) is 16.3. The molecule has 0 aliphatic carbocycles. The van der Waals surface area contributed by atoms with Crippen molar-refractivity contribution >= 4 is 11.9 Å². The van der Waals surface area contributed by atoms with Gasteiger partial charge in [-0.25, -0.2) is 9.59 Å². The molecule has 0 fully saturated rings. The van der Waals surface area contributed by atoms with Gasteiger partial charge in [-0.2, -0.15) is 0 Å². The third-order valence-corrected chi connectivity index (χ3v) is 4.44. The van der Waals surface area contributed by atoms with E-state index >= 15 is 0 Å². The standard InChI is InChI=1S/C24H23NO4/c1-28-23(26)21-11-7-18(8-12-21)15-25-16-19-9-13-22(14-10-19)24(27)29-17-20-5-3-2-4-6-20/h2-14,25H,15-17H2,1H3. The minimum Gasteiger partial charge on any atom is -0.465 e. The van der Waals surface area contributed by atoms with Crippen LogP contribution in [0.4, 0.5) is 0 Å². The highest BCUT2D eigenvalue weighted by atomic mass is 16.5. The summed E-state index contributed by atoms with van der Waals surface area (Å²) < 4.78 is 10.0. The second-order valence-corrected chi connectivity index (χ2v) is 6.55. The van der Waals surface area contributed by atoms with Gasteiger partial charge in [0.25, 0.3) is 0 Å². The summed E-state index contributed by atoms with van der Waals surface area (Å²) in [6.07, 6.45) is 0. The summed E-state index contributed by atoms with van der Waals surface area (Å²) in [6, 6.07) is 24.2. The minimum atomic E-state index is -0.341. The van der Waals surface area contributed by atoms with Gasteiger partial charge in [-0.3, -0.25) is 0 Å². The molecule has 1 N–H and O–H groups in total. The van der Waals surface area contributed by atoms with E-state index in [1.54, 1.807) is 24.3 Å². The Morgan fingerprint density at radius 3 is 1.72 bits per heavy atom. The predicted molar refractivity (Wildman–Crippen MR) is 110 cm³/mol. The third-order valence-electron chi connectivity index (χ3n) is 4.44. The fourth-order valence-corrected chi connectivity index (χ4v) is 2.79. The molecule has 0 aliphatic rings. The van der Waals surface area contributed by atoms with Crippen molar-refractivity contribution in [2.24, 2.45) is 0 Å². The molecule has 0 saturated heterocycles. The molecule has 29 heavy (non-hydrogen) atoms. The molecule has 0 bridgehead atoms. The van der Waals surface area contributed by atoms with Gasteiger partial charge < -0.3 is 14.8 Å². The zero-order valence-electron chi connectivity index (χ0n) is 16.3. The molecule has 0 spiro atoms. The van der Waals surface area contributed by atoms with Crippen LogP contribution in [0.25, 0.3) is 0 Å². The van der Waals surface area contributed by atoms with Gasteiger partial charge >= 0.3 is 11.9 Å². The molecule has 0 aliphatic heterocycles. The molecule has 0 saturated carbocycles. The Kier molecular flexibility index (Phi) is 7.14. The van der Waals surface area contributed by atoms with Crippen LogP contribution in [0.2, 0.25) is 0 Å². The Morgan fingerprint density at radius 1 is 0.690 bits per heavy atom. The lowest BCUT2D eigenvalue weighted by Crippen LogP contribution is -2.13. The fourth-order valence-electron chi connectivity index (χ4n) is 2.79. The number of esters is 2. The molecule has 0 heterocycles. The lowest BCUT2D eigenvalue weighted by Gasteiger charge is -2.08. The summed E-state index contributed by atoms with van der Waals surface area (Å²) in [5, 5.41) is 3.34. The lowest BCUT2D eigenvalue weighted by molar-refractivity contribution is 0.0472. The summed E-state index contributed by atoms with van der Waals surface area (Å²) in [7, 11) is 1.37. The molecule has 0 atom stereocenters. The number of nitrogens with one attached hydrogen (secondary N) is 1. The van der Waals surface area contributed by atoms with E-state index in [1.807, 2.05) is 54.6 Å². The SMILES string of the molecule is COC(=O)c1ccc(CNCc2ccc(C(=O)OCc3ccccc3)cc2)cc1. The van der Waals surface area contributed by atoms with E-state index in [2.05, 4.69) is 5.32 Å². The number of benzene rings is 3. The van der Waals surface area contributed by atoms with E-state index in [1.165, 1.54) is 7.11 Å². The summed E-state index contributed by atoms with van der Waals surface area (Å²) in [4.78, 5) is 23.6. The van der Waals surface area contributed by atoms with Crippen LogP contribution >= 0.6 is 0 Å².